The monoisotopic (exact) mass is 553 g/mol. The molecule has 13 nitrogen and oxygen atoms in total. The first-order valence-corrected chi connectivity index (χ1v) is 12.4. The van der Waals surface area contributed by atoms with Crippen molar-refractivity contribution in [3.63, 3.8) is 0 Å². The van der Waals surface area contributed by atoms with Crippen molar-refractivity contribution in [2.24, 2.45) is 5.73 Å². The number of hydrogen-bond acceptors (Lipinski definition) is 7. The molecular formula is C27H31N5O8. The maximum absolute atomic E-state index is 13.3. The molecule has 0 aliphatic rings. The van der Waals surface area contributed by atoms with E-state index < -0.39 is 60.2 Å². The van der Waals surface area contributed by atoms with Gasteiger partial charge in [-0.05, 0) is 42.7 Å². The predicted molar refractivity (Wildman–Crippen MR) is 143 cm³/mol. The first kappa shape index (κ1) is 29.6. The van der Waals surface area contributed by atoms with Crippen molar-refractivity contribution in [2.45, 2.75) is 50.4 Å². The molecule has 0 radical (unpaired) electrons. The standard InChI is InChI=1S/C27H31N5O8/c1-14(24(36)32-22(27(39)40)12-23(34)35)30-26(38)21(11-16-13-29-20-5-3-2-4-18(16)20)31-25(37)19(28)10-15-6-8-17(33)9-7-15/h2-9,13-14,19,21-22,29,33H,10-12,28H2,1H3,(H,30,38)(H,31,37)(H,32,36)(H,34,35)(H,39,40). The molecule has 1 heterocycles. The van der Waals surface area contributed by atoms with Crippen molar-refractivity contribution in [3.05, 3.63) is 65.9 Å². The third-order valence-corrected chi connectivity index (χ3v) is 6.21. The van der Waals surface area contributed by atoms with Crippen LogP contribution < -0.4 is 21.7 Å². The highest BCUT2D eigenvalue weighted by Crippen LogP contribution is 2.19. The van der Waals surface area contributed by atoms with Crippen molar-refractivity contribution >= 4 is 40.6 Å². The molecule has 3 amide bonds. The zero-order valence-corrected chi connectivity index (χ0v) is 21.6. The molecular weight excluding hydrogens is 522 g/mol. The Kier molecular flexibility index (Phi) is 9.81. The van der Waals surface area contributed by atoms with E-state index in [9.17, 15) is 34.2 Å². The molecule has 0 saturated carbocycles. The van der Waals surface area contributed by atoms with E-state index in [1.54, 1.807) is 18.3 Å². The summed E-state index contributed by atoms with van der Waals surface area (Å²) >= 11 is 0. The third kappa shape index (κ3) is 8.04. The number of hydrogen-bond donors (Lipinski definition) is 8. The van der Waals surface area contributed by atoms with Gasteiger partial charge >= 0.3 is 11.9 Å². The lowest BCUT2D eigenvalue weighted by molar-refractivity contribution is -0.147. The molecule has 0 spiro atoms. The predicted octanol–water partition coefficient (Wildman–Crippen LogP) is 0.0196. The van der Waals surface area contributed by atoms with Gasteiger partial charge in [0.05, 0.1) is 12.5 Å². The van der Waals surface area contributed by atoms with Gasteiger partial charge in [-0.1, -0.05) is 30.3 Å². The van der Waals surface area contributed by atoms with Crippen LogP contribution >= 0.6 is 0 Å². The number of fused-ring (bicyclic) bond motifs is 1. The molecule has 40 heavy (non-hydrogen) atoms. The lowest BCUT2D eigenvalue weighted by Gasteiger charge is -2.23. The number of phenols is 1. The van der Waals surface area contributed by atoms with Crippen LogP contribution in [0.15, 0.2) is 54.7 Å². The Morgan fingerprint density at radius 1 is 0.850 bits per heavy atom. The zero-order chi connectivity index (χ0) is 29.4. The van der Waals surface area contributed by atoms with Crippen LogP contribution in [0.5, 0.6) is 5.75 Å². The van der Waals surface area contributed by atoms with Crippen molar-refractivity contribution in [1.29, 1.82) is 0 Å². The molecule has 4 unspecified atom stereocenters. The maximum Gasteiger partial charge on any atom is 0.326 e. The lowest BCUT2D eigenvalue weighted by Crippen LogP contribution is -2.57. The van der Waals surface area contributed by atoms with E-state index in [2.05, 4.69) is 20.9 Å². The number of carboxylic acid groups (broad SMARTS) is 2. The Balaban J connectivity index is 1.75. The molecule has 1 aromatic heterocycles. The smallest absolute Gasteiger partial charge is 0.326 e. The highest BCUT2D eigenvalue weighted by atomic mass is 16.4. The molecule has 4 atom stereocenters. The van der Waals surface area contributed by atoms with Crippen molar-refractivity contribution < 1.29 is 39.3 Å². The molecule has 212 valence electrons. The Morgan fingerprint density at radius 3 is 2.15 bits per heavy atom. The number of rotatable bonds is 13. The Labute approximate surface area is 228 Å². The summed E-state index contributed by atoms with van der Waals surface area (Å²) in [5.41, 5.74) is 8.32. The third-order valence-electron chi connectivity index (χ3n) is 6.21. The van der Waals surface area contributed by atoms with E-state index in [-0.39, 0.29) is 18.6 Å². The van der Waals surface area contributed by atoms with E-state index >= 15 is 0 Å². The largest absolute Gasteiger partial charge is 0.508 e. The molecule has 9 N–H and O–H groups in total. The fraction of sp³-hybridized carbons (Fsp3) is 0.296. The highest BCUT2D eigenvalue weighted by molar-refractivity contribution is 5.95. The number of aromatic nitrogens is 1. The number of carbonyl (C=O) groups excluding carboxylic acids is 3. The van der Waals surface area contributed by atoms with Gasteiger partial charge in [-0.25, -0.2) is 4.79 Å². The quantitative estimate of drug-likeness (QED) is 0.143. The van der Waals surface area contributed by atoms with Gasteiger partial charge < -0.3 is 42.0 Å². The van der Waals surface area contributed by atoms with Gasteiger partial charge in [0.2, 0.25) is 17.7 Å². The summed E-state index contributed by atoms with van der Waals surface area (Å²) in [4.78, 5) is 64.1. The van der Waals surface area contributed by atoms with Crippen LogP contribution in [0.4, 0.5) is 0 Å². The van der Waals surface area contributed by atoms with Crippen LogP contribution in [-0.2, 0) is 36.8 Å². The Bertz CT molecular complexity index is 1390. The number of amides is 3. The summed E-state index contributed by atoms with van der Waals surface area (Å²) < 4.78 is 0. The molecule has 3 aromatic rings. The summed E-state index contributed by atoms with van der Waals surface area (Å²) in [5, 5.41) is 35.5. The second-order valence-corrected chi connectivity index (χ2v) is 9.33. The average molecular weight is 554 g/mol. The molecule has 0 bridgehead atoms. The lowest BCUT2D eigenvalue weighted by atomic mass is 10.0. The minimum Gasteiger partial charge on any atom is -0.508 e. The number of H-pyrrole nitrogens is 1. The summed E-state index contributed by atoms with van der Waals surface area (Å²) in [6, 6.07) is 8.38. The Morgan fingerprint density at radius 2 is 1.50 bits per heavy atom. The number of aromatic amines is 1. The average Bonchev–Trinajstić information content (AvgIpc) is 3.31. The van der Waals surface area contributed by atoms with Crippen molar-refractivity contribution in [1.82, 2.24) is 20.9 Å². The molecule has 2 aromatic carbocycles. The van der Waals surface area contributed by atoms with E-state index in [0.29, 0.717) is 11.1 Å². The summed E-state index contributed by atoms with van der Waals surface area (Å²) in [5.74, 6) is -5.17. The van der Waals surface area contributed by atoms with E-state index in [1.165, 1.54) is 19.1 Å². The van der Waals surface area contributed by atoms with Crippen LogP contribution in [0, 0.1) is 0 Å². The van der Waals surface area contributed by atoms with Gasteiger partial charge in [-0.15, -0.1) is 0 Å². The summed E-state index contributed by atoms with van der Waals surface area (Å²) in [7, 11) is 0. The molecule has 13 heteroatoms. The van der Waals surface area contributed by atoms with E-state index in [0.717, 1.165) is 10.9 Å². The van der Waals surface area contributed by atoms with Crippen LogP contribution in [0.3, 0.4) is 0 Å². The number of nitrogens with one attached hydrogen (secondary N) is 4. The van der Waals surface area contributed by atoms with Crippen LogP contribution in [0.25, 0.3) is 10.9 Å². The van der Waals surface area contributed by atoms with Gasteiger partial charge in [0.25, 0.3) is 0 Å². The molecule has 0 aliphatic heterocycles. The first-order chi connectivity index (χ1) is 18.9. The van der Waals surface area contributed by atoms with Gasteiger partial charge in [0.15, 0.2) is 0 Å². The van der Waals surface area contributed by atoms with Crippen LogP contribution in [0.1, 0.15) is 24.5 Å². The normalized spacial score (nSPS) is 13.9. The number of benzene rings is 2. The van der Waals surface area contributed by atoms with E-state index in [1.807, 2.05) is 24.3 Å². The maximum atomic E-state index is 13.3. The topological polar surface area (TPSA) is 224 Å². The number of phenolic OH excluding ortho intramolecular Hbond substituents is 1. The van der Waals surface area contributed by atoms with Crippen LogP contribution in [-0.4, -0.2) is 74.1 Å². The number of aromatic hydroxyl groups is 1. The second-order valence-electron chi connectivity index (χ2n) is 9.33. The van der Waals surface area contributed by atoms with Gasteiger partial charge in [0.1, 0.15) is 23.9 Å². The van der Waals surface area contributed by atoms with Crippen molar-refractivity contribution in [3.8, 4) is 5.75 Å². The minimum atomic E-state index is -1.69. The number of carboxylic acids is 2. The summed E-state index contributed by atoms with van der Waals surface area (Å²) in [6.07, 6.45) is 1.03. The molecule has 0 aliphatic carbocycles. The van der Waals surface area contributed by atoms with Gasteiger partial charge in [-0.3, -0.25) is 19.2 Å². The fourth-order valence-electron chi connectivity index (χ4n) is 4.04. The second kappa shape index (κ2) is 13.2. The zero-order valence-electron chi connectivity index (χ0n) is 21.6. The molecule has 0 saturated heterocycles. The van der Waals surface area contributed by atoms with E-state index in [4.69, 9.17) is 10.8 Å². The van der Waals surface area contributed by atoms with Gasteiger partial charge in [-0.2, -0.15) is 0 Å². The number of carbonyl (C=O) groups is 5. The highest BCUT2D eigenvalue weighted by Gasteiger charge is 2.30. The Hall–Kier alpha value is -4.91. The molecule has 3 rings (SSSR count). The summed E-state index contributed by atoms with van der Waals surface area (Å²) in [6.45, 7) is 1.30. The minimum absolute atomic E-state index is 0.0403. The SMILES string of the molecule is CC(NC(=O)C(Cc1c[nH]c2ccccc12)NC(=O)C(N)Cc1ccc(O)cc1)C(=O)NC(CC(=O)O)C(=O)O. The first-order valence-electron chi connectivity index (χ1n) is 12.4. The van der Waals surface area contributed by atoms with Crippen molar-refractivity contribution in [2.75, 3.05) is 0 Å². The van der Waals surface area contributed by atoms with Gasteiger partial charge in [0, 0.05) is 23.5 Å². The number of nitrogens with two attached hydrogens (primary N) is 1. The number of para-hydroxylation sites is 1. The number of aliphatic carboxylic acids is 2. The molecule has 0 fully saturated rings. The van der Waals surface area contributed by atoms with Crippen LogP contribution in [0.2, 0.25) is 0 Å². The fourth-order valence-corrected chi connectivity index (χ4v) is 4.04.